The van der Waals surface area contributed by atoms with Crippen LogP contribution >= 0.6 is 0 Å². The van der Waals surface area contributed by atoms with Gasteiger partial charge in [-0.25, -0.2) is 0 Å². The maximum Gasteiger partial charge on any atom is 0.159 e. The summed E-state index contributed by atoms with van der Waals surface area (Å²) in [6.07, 6.45) is 0. The van der Waals surface area contributed by atoms with Crippen molar-refractivity contribution < 1.29 is 4.42 Å². The molecule has 10 aromatic carbocycles. The summed E-state index contributed by atoms with van der Waals surface area (Å²) in [5, 5.41) is 7.02. The number of hydrogen-bond donors (Lipinski definition) is 0. The Bertz CT molecular complexity index is 3270. The molecule has 0 unspecified atom stereocenters. The van der Waals surface area contributed by atoms with Gasteiger partial charge in [-0.2, -0.15) is 0 Å². The highest BCUT2D eigenvalue weighted by Crippen LogP contribution is 2.49. The van der Waals surface area contributed by atoms with Crippen LogP contribution in [0, 0.1) is 0 Å². The molecule has 1 aromatic heterocycles. The van der Waals surface area contributed by atoms with E-state index in [-0.39, 0.29) is 0 Å². The van der Waals surface area contributed by atoms with E-state index in [9.17, 15) is 0 Å². The van der Waals surface area contributed by atoms with Crippen LogP contribution in [0.15, 0.2) is 229 Å². The molecule has 2 heteroatoms. The van der Waals surface area contributed by atoms with E-state index in [1.165, 1.54) is 43.8 Å². The van der Waals surface area contributed by atoms with Crippen molar-refractivity contribution in [2.45, 2.75) is 0 Å². The Morgan fingerprint density at radius 3 is 1.62 bits per heavy atom. The van der Waals surface area contributed by atoms with Gasteiger partial charge in [0.1, 0.15) is 5.58 Å². The standard InChI is InChI=1S/C56H37NO/c1-3-13-38(14-4-1)41-31-33-48(34-32-41)57(53-23-12-21-51-50-19-9-10-24-54(50)58-56(51)53)52-22-11-20-49(46-29-25-40-17-7-8-18-42(40)36-46)55(52)47-30-28-44-35-43(26-27-45(44)37-47)39-15-5-2-6-16-39/h1-37H. The van der Waals surface area contributed by atoms with Crippen LogP contribution in [0.2, 0.25) is 0 Å². The molecule has 0 aliphatic rings. The normalized spacial score (nSPS) is 11.4. The van der Waals surface area contributed by atoms with Crippen LogP contribution in [0.1, 0.15) is 0 Å². The minimum Gasteiger partial charge on any atom is -0.454 e. The van der Waals surface area contributed by atoms with Crippen molar-refractivity contribution in [3.63, 3.8) is 0 Å². The van der Waals surface area contributed by atoms with E-state index in [0.29, 0.717) is 0 Å². The number of furan rings is 1. The summed E-state index contributed by atoms with van der Waals surface area (Å²) in [7, 11) is 0. The lowest BCUT2D eigenvalue weighted by atomic mass is 9.89. The number of nitrogens with zero attached hydrogens (tertiary/aromatic N) is 1. The van der Waals surface area contributed by atoms with E-state index in [1.54, 1.807) is 0 Å². The van der Waals surface area contributed by atoms with Gasteiger partial charge >= 0.3 is 0 Å². The zero-order valence-corrected chi connectivity index (χ0v) is 31.7. The highest BCUT2D eigenvalue weighted by Gasteiger charge is 2.24. The summed E-state index contributed by atoms with van der Waals surface area (Å²) in [6, 6.07) is 80.8. The van der Waals surface area contributed by atoms with Gasteiger partial charge in [0.05, 0.1) is 11.4 Å². The second kappa shape index (κ2) is 14.1. The Hall–Kier alpha value is -7.68. The third-order valence-electron chi connectivity index (χ3n) is 11.4. The first-order chi connectivity index (χ1) is 28.7. The molecule has 0 fully saturated rings. The van der Waals surface area contributed by atoms with Gasteiger partial charge in [-0.3, -0.25) is 0 Å². The zero-order chi connectivity index (χ0) is 38.4. The maximum absolute atomic E-state index is 6.77. The smallest absolute Gasteiger partial charge is 0.159 e. The second-order valence-corrected chi connectivity index (χ2v) is 14.9. The largest absolute Gasteiger partial charge is 0.454 e. The lowest BCUT2D eigenvalue weighted by molar-refractivity contribution is 0.669. The molecule has 0 aliphatic carbocycles. The molecule has 2 nitrogen and oxygen atoms in total. The van der Waals surface area contributed by atoms with Crippen LogP contribution in [0.25, 0.3) is 88.0 Å². The van der Waals surface area contributed by atoms with Gasteiger partial charge in [0.15, 0.2) is 5.58 Å². The molecule has 0 radical (unpaired) electrons. The number of anilines is 3. The van der Waals surface area contributed by atoms with Gasteiger partial charge in [0.2, 0.25) is 0 Å². The van der Waals surface area contributed by atoms with Crippen molar-refractivity contribution in [1.29, 1.82) is 0 Å². The predicted molar refractivity (Wildman–Crippen MR) is 245 cm³/mol. The number of fused-ring (bicyclic) bond motifs is 5. The molecule has 0 saturated carbocycles. The van der Waals surface area contributed by atoms with Gasteiger partial charge < -0.3 is 9.32 Å². The molecule has 0 bridgehead atoms. The van der Waals surface area contributed by atoms with Crippen LogP contribution in [0.3, 0.4) is 0 Å². The summed E-state index contributed by atoms with van der Waals surface area (Å²) < 4.78 is 6.77. The van der Waals surface area contributed by atoms with Crippen molar-refractivity contribution in [3.05, 3.63) is 224 Å². The molecule has 58 heavy (non-hydrogen) atoms. The average Bonchev–Trinajstić information content (AvgIpc) is 3.69. The van der Waals surface area contributed by atoms with Gasteiger partial charge in [-0.05, 0) is 109 Å². The molecular formula is C56H37NO. The Morgan fingerprint density at radius 1 is 0.310 bits per heavy atom. The number of benzene rings is 10. The Labute approximate surface area is 337 Å². The molecule has 0 saturated heterocycles. The Kier molecular flexibility index (Phi) is 8.19. The first-order valence-electron chi connectivity index (χ1n) is 19.8. The van der Waals surface area contributed by atoms with Crippen molar-refractivity contribution >= 4 is 60.5 Å². The molecule has 0 N–H and O–H groups in total. The fourth-order valence-corrected chi connectivity index (χ4v) is 8.59. The first-order valence-corrected chi connectivity index (χ1v) is 19.8. The van der Waals surface area contributed by atoms with Crippen LogP contribution in [0.5, 0.6) is 0 Å². The summed E-state index contributed by atoms with van der Waals surface area (Å²) >= 11 is 0. The van der Waals surface area contributed by atoms with Crippen LogP contribution in [-0.4, -0.2) is 0 Å². The molecule has 0 aliphatic heterocycles. The van der Waals surface area contributed by atoms with E-state index in [0.717, 1.165) is 61.3 Å². The van der Waals surface area contributed by atoms with Crippen LogP contribution in [0.4, 0.5) is 17.1 Å². The molecule has 0 spiro atoms. The zero-order valence-electron chi connectivity index (χ0n) is 31.7. The molecule has 1 heterocycles. The average molecular weight is 740 g/mol. The number of rotatable bonds is 7. The molecule has 272 valence electrons. The van der Waals surface area contributed by atoms with Gasteiger partial charge in [0, 0.05) is 22.0 Å². The summed E-state index contributed by atoms with van der Waals surface area (Å²) in [6.45, 7) is 0. The first kappa shape index (κ1) is 33.6. The van der Waals surface area contributed by atoms with E-state index < -0.39 is 0 Å². The van der Waals surface area contributed by atoms with Crippen molar-refractivity contribution in [2.75, 3.05) is 4.90 Å². The van der Waals surface area contributed by atoms with E-state index in [1.807, 2.05) is 6.07 Å². The summed E-state index contributed by atoms with van der Waals surface area (Å²) in [4.78, 5) is 2.39. The maximum atomic E-state index is 6.77. The van der Waals surface area contributed by atoms with Gasteiger partial charge in [-0.15, -0.1) is 0 Å². The van der Waals surface area contributed by atoms with Crippen molar-refractivity contribution in [3.8, 4) is 44.5 Å². The lowest BCUT2D eigenvalue weighted by Crippen LogP contribution is -2.12. The predicted octanol–water partition coefficient (Wildman–Crippen LogP) is 16.0. The quantitative estimate of drug-likeness (QED) is 0.162. The van der Waals surface area contributed by atoms with Gasteiger partial charge in [-0.1, -0.05) is 176 Å². The van der Waals surface area contributed by atoms with Crippen LogP contribution < -0.4 is 4.90 Å². The number of hydrogen-bond acceptors (Lipinski definition) is 2. The van der Waals surface area contributed by atoms with Crippen LogP contribution in [-0.2, 0) is 0 Å². The van der Waals surface area contributed by atoms with E-state index in [4.69, 9.17) is 4.42 Å². The fourth-order valence-electron chi connectivity index (χ4n) is 8.59. The minimum atomic E-state index is 0.852. The minimum absolute atomic E-state index is 0.852. The topological polar surface area (TPSA) is 16.4 Å². The molecular weight excluding hydrogens is 703 g/mol. The van der Waals surface area contributed by atoms with Crippen molar-refractivity contribution in [1.82, 2.24) is 0 Å². The number of para-hydroxylation sites is 2. The molecule has 0 atom stereocenters. The highest BCUT2D eigenvalue weighted by molar-refractivity contribution is 6.11. The second-order valence-electron chi connectivity index (χ2n) is 14.9. The highest BCUT2D eigenvalue weighted by atomic mass is 16.3. The molecule has 11 rings (SSSR count). The Balaban J connectivity index is 1.17. The van der Waals surface area contributed by atoms with E-state index >= 15 is 0 Å². The monoisotopic (exact) mass is 739 g/mol. The SMILES string of the molecule is c1ccc(-c2ccc(N(c3cccc(-c4ccc5ccccc5c4)c3-c3ccc4cc(-c5ccccc5)ccc4c3)c3cccc4c3oc3ccccc34)cc2)cc1. The van der Waals surface area contributed by atoms with Gasteiger partial charge in [0.25, 0.3) is 0 Å². The summed E-state index contributed by atoms with van der Waals surface area (Å²) in [5.41, 5.74) is 14.2. The third kappa shape index (κ3) is 5.91. The summed E-state index contributed by atoms with van der Waals surface area (Å²) in [5.74, 6) is 0. The molecule has 11 aromatic rings. The lowest BCUT2D eigenvalue weighted by Gasteiger charge is -2.29. The third-order valence-corrected chi connectivity index (χ3v) is 11.4. The molecule has 0 amide bonds. The Morgan fingerprint density at radius 2 is 0.828 bits per heavy atom. The fraction of sp³-hybridized carbons (Fsp3) is 0. The van der Waals surface area contributed by atoms with E-state index in [2.05, 4.69) is 223 Å². The van der Waals surface area contributed by atoms with Crippen molar-refractivity contribution in [2.24, 2.45) is 0 Å².